The van der Waals surface area contributed by atoms with Crippen molar-refractivity contribution in [3.8, 4) is 11.5 Å². The second-order valence-corrected chi connectivity index (χ2v) is 11.3. The number of fused-ring (bicyclic) bond motifs is 5. The van der Waals surface area contributed by atoms with Gasteiger partial charge in [-0.2, -0.15) is 0 Å². The third kappa shape index (κ3) is 4.81. The predicted molar refractivity (Wildman–Crippen MR) is 173 cm³/mol. The normalized spacial score (nSPS) is 18.1. The van der Waals surface area contributed by atoms with Gasteiger partial charge >= 0.3 is 0 Å². The summed E-state index contributed by atoms with van der Waals surface area (Å²) in [6, 6.07) is 35.6. The van der Waals surface area contributed by atoms with Crippen molar-refractivity contribution < 1.29 is 18.9 Å². The van der Waals surface area contributed by atoms with E-state index in [2.05, 4.69) is 121 Å². The van der Waals surface area contributed by atoms with Gasteiger partial charge in [0.15, 0.2) is 0 Å². The lowest BCUT2D eigenvalue weighted by atomic mass is 9.63. The SMILES string of the molecule is COCCOc1ccc2cc(C3(c4ccc5cc(OCCOC)ccc5c4)c4ccccc4C4C=CC=CC43)ccc2c1. The molecule has 5 aromatic carbocycles. The first kappa shape index (κ1) is 27.5. The van der Waals surface area contributed by atoms with E-state index in [9.17, 15) is 0 Å². The number of allylic oxidation sites excluding steroid dienone is 4. The zero-order valence-electron chi connectivity index (χ0n) is 24.7. The molecule has 0 saturated carbocycles. The Balaban J connectivity index is 1.39. The molecule has 0 saturated heterocycles. The Morgan fingerprint density at radius 3 is 1.70 bits per heavy atom. The van der Waals surface area contributed by atoms with Crippen molar-refractivity contribution in [2.45, 2.75) is 11.3 Å². The summed E-state index contributed by atoms with van der Waals surface area (Å²) in [5.41, 5.74) is 5.02. The molecule has 4 nitrogen and oxygen atoms in total. The van der Waals surface area contributed by atoms with Gasteiger partial charge in [-0.05, 0) is 80.2 Å². The summed E-state index contributed by atoms with van der Waals surface area (Å²) in [4.78, 5) is 0. The lowest BCUT2D eigenvalue weighted by Crippen LogP contribution is -2.35. The van der Waals surface area contributed by atoms with E-state index in [-0.39, 0.29) is 11.3 Å². The van der Waals surface area contributed by atoms with Crippen molar-refractivity contribution in [3.63, 3.8) is 0 Å². The highest BCUT2D eigenvalue weighted by molar-refractivity contribution is 5.87. The first-order chi connectivity index (χ1) is 21.2. The van der Waals surface area contributed by atoms with Crippen LogP contribution >= 0.6 is 0 Å². The molecule has 4 heteroatoms. The number of methoxy groups -OCH3 is 2. The molecule has 0 fully saturated rings. The van der Waals surface area contributed by atoms with Crippen LogP contribution < -0.4 is 9.47 Å². The van der Waals surface area contributed by atoms with Crippen LogP contribution in [0.4, 0.5) is 0 Å². The van der Waals surface area contributed by atoms with Crippen LogP contribution in [0.5, 0.6) is 11.5 Å². The quantitative estimate of drug-likeness (QED) is 0.159. The molecule has 0 aliphatic heterocycles. The molecule has 2 atom stereocenters. The molecule has 0 aromatic heterocycles. The van der Waals surface area contributed by atoms with E-state index in [0.29, 0.717) is 32.3 Å². The maximum absolute atomic E-state index is 5.91. The van der Waals surface area contributed by atoms with Gasteiger partial charge in [-0.3, -0.25) is 0 Å². The van der Waals surface area contributed by atoms with Crippen LogP contribution in [0.25, 0.3) is 21.5 Å². The van der Waals surface area contributed by atoms with Crippen molar-refractivity contribution in [1.82, 2.24) is 0 Å². The van der Waals surface area contributed by atoms with E-state index in [1.165, 1.54) is 33.0 Å². The van der Waals surface area contributed by atoms with Crippen molar-refractivity contribution in [1.29, 1.82) is 0 Å². The minimum absolute atomic E-state index is 0.248. The van der Waals surface area contributed by atoms with Crippen LogP contribution in [0.15, 0.2) is 121 Å². The molecule has 43 heavy (non-hydrogen) atoms. The lowest BCUT2D eigenvalue weighted by Gasteiger charge is -2.39. The van der Waals surface area contributed by atoms with Gasteiger partial charge in [-0.1, -0.05) is 85.0 Å². The van der Waals surface area contributed by atoms with Gasteiger partial charge in [0.2, 0.25) is 0 Å². The topological polar surface area (TPSA) is 36.9 Å². The first-order valence-corrected chi connectivity index (χ1v) is 15.0. The highest BCUT2D eigenvalue weighted by Crippen LogP contribution is 2.59. The van der Waals surface area contributed by atoms with E-state index in [0.717, 1.165) is 22.3 Å². The average Bonchev–Trinajstić information content (AvgIpc) is 3.36. The minimum atomic E-state index is -0.355. The van der Waals surface area contributed by atoms with Crippen molar-refractivity contribution in [2.75, 3.05) is 40.6 Å². The molecule has 0 radical (unpaired) electrons. The standard InChI is InChI=1S/C39H36O4/c1-40-19-21-42-33-17-13-27-23-31(15-11-29(27)25-33)39(37-9-5-3-7-35(37)36-8-4-6-10-38(36)39)32-16-12-30-26-34(43-22-20-41-2)18-14-28(30)24-32/h3-18,23-26,35,37H,19-22H2,1-2H3. The smallest absolute Gasteiger partial charge is 0.120 e. The molecule has 2 aliphatic rings. The Labute approximate surface area is 253 Å². The second kappa shape index (κ2) is 11.7. The predicted octanol–water partition coefficient (Wildman–Crippen LogP) is 8.22. The maximum atomic E-state index is 5.91. The van der Waals surface area contributed by atoms with E-state index in [1.54, 1.807) is 14.2 Å². The molecular weight excluding hydrogens is 532 g/mol. The highest BCUT2D eigenvalue weighted by Gasteiger charge is 2.52. The summed E-state index contributed by atoms with van der Waals surface area (Å²) in [7, 11) is 3.38. The molecule has 0 spiro atoms. The second-order valence-electron chi connectivity index (χ2n) is 11.3. The third-order valence-corrected chi connectivity index (χ3v) is 9.03. The van der Waals surface area contributed by atoms with Crippen molar-refractivity contribution in [3.05, 3.63) is 144 Å². The molecule has 216 valence electrons. The molecule has 0 amide bonds. The first-order valence-electron chi connectivity index (χ1n) is 15.0. The molecule has 5 aromatic rings. The van der Waals surface area contributed by atoms with Crippen LogP contribution in [-0.2, 0) is 14.9 Å². The fraction of sp³-hybridized carbons (Fsp3) is 0.231. The Bertz CT molecular complexity index is 1740. The van der Waals surface area contributed by atoms with Gasteiger partial charge in [0, 0.05) is 26.1 Å². The number of hydrogen-bond donors (Lipinski definition) is 0. The summed E-state index contributed by atoms with van der Waals surface area (Å²) < 4.78 is 22.1. The van der Waals surface area contributed by atoms with E-state index >= 15 is 0 Å². The molecule has 0 bridgehead atoms. The lowest BCUT2D eigenvalue weighted by molar-refractivity contribution is 0.146. The van der Waals surface area contributed by atoms with Gasteiger partial charge in [-0.25, -0.2) is 0 Å². The summed E-state index contributed by atoms with van der Waals surface area (Å²) in [6.07, 6.45) is 9.21. The Hall–Kier alpha value is -4.38. The molecule has 2 unspecified atom stereocenters. The zero-order chi connectivity index (χ0) is 29.2. The highest BCUT2D eigenvalue weighted by atomic mass is 16.5. The number of hydrogen-bond acceptors (Lipinski definition) is 4. The number of benzene rings is 5. The van der Waals surface area contributed by atoms with Gasteiger partial charge in [0.25, 0.3) is 0 Å². The summed E-state index contributed by atoms with van der Waals surface area (Å²) in [6.45, 7) is 2.20. The monoisotopic (exact) mass is 568 g/mol. The maximum Gasteiger partial charge on any atom is 0.120 e. The molecule has 7 rings (SSSR count). The van der Waals surface area contributed by atoms with Crippen LogP contribution in [0.1, 0.15) is 28.2 Å². The third-order valence-electron chi connectivity index (χ3n) is 9.03. The molecule has 0 heterocycles. The molecular formula is C39H36O4. The minimum Gasteiger partial charge on any atom is -0.491 e. The molecule has 0 N–H and O–H groups in total. The largest absolute Gasteiger partial charge is 0.491 e. The van der Waals surface area contributed by atoms with Crippen LogP contribution in [-0.4, -0.2) is 40.6 Å². The molecule has 2 aliphatic carbocycles. The fourth-order valence-corrected chi connectivity index (χ4v) is 7.11. The average molecular weight is 569 g/mol. The Morgan fingerprint density at radius 1 is 0.558 bits per heavy atom. The van der Waals surface area contributed by atoms with Crippen LogP contribution in [0, 0.1) is 5.92 Å². The fourth-order valence-electron chi connectivity index (χ4n) is 7.11. The van der Waals surface area contributed by atoms with Crippen LogP contribution in [0.2, 0.25) is 0 Å². The van der Waals surface area contributed by atoms with E-state index in [4.69, 9.17) is 18.9 Å². The number of ether oxygens (including phenoxy) is 4. The summed E-state index contributed by atoms with van der Waals surface area (Å²) >= 11 is 0. The van der Waals surface area contributed by atoms with Crippen molar-refractivity contribution >= 4 is 21.5 Å². The Morgan fingerprint density at radius 2 is 1.09 bits per heavy atom. The van der Waals surface area contributed by atoms with E-state index in [1.807, 2.05) is 0 Å². The van der Waals surface area contributed by atoms with Gasteiger partial charge in [-0.15, -0.1) is 0 Å². The van der Waals surface area contributed by atoms with Gasteiger partial charge < -0.3 is 18.9 Å². The number of rotatable bonds is 10. The summed E-state index contributed by atoms with van der Waals surface area (Å²) in [5, 5.41) is 4.72. The van der Waals surface area contributed by atoms with Gasteiger partial charge in [0.1, 0.15) is 24.7 Å². The zero-order valence-corrected chi connectivity index (χ0v) is 24.7. The Kier molecular flexibility index (Phi) is 7.48. The van der Waals surface area contributed by atoms with Crippen molar-refractivity contribution in [2.24, 2.45) is 5.92 Å². The van der Waals surface area contributed by atoms with E-state index < -0.39 is 0 Å². The summed E-state index contributed by atoms with van der Waals surface area (Å²) in [5.74, 6) is 2.27. The van der Waals surface area contributed by atoms with Crippen LogP contribution in [0.3, 0.4) is 0 Å². The van der Waals surface area contributed by atoms with Gasteiger partial charge in [0.05, 0.1) is 18.6 Å².